The normalized spacial score (nSPS) is 18.4. The van der Waals surface area contributed by atoms with Crippen LogP contribution in [0.3, 0.4) is 0 Å². The molecule has 1 aliphatic carbocycles. The topological polar surface area (TPSA) is 20.2 Å². The maximum atomic E-state index is 13.3. The van der Waals surface area contributed by atoms with Crippen LogP contribution in [-0.2, 0) is 5.60 Å². The Bertz CT molecular complexity index is 402. The average molecular weight is 223 g/mol. The lowest BCUT2D eigenvalue weighted by molar-refractivity contribution is 0.141. The fraction of sp³-hybridized carbons (Fsp3) is 0.333. The molecule has 1 nitrogen and oxygen atoms in total. The van der Waals surface area contributed by atoms with Crippen molar-refractivity contribution in [2.45, 2.75) is 18.4 Å². The molecular formula is C9H6ClF3O. The van der Waals surface area contributed by atoms with Crippen molar-refractivity contribution in [2.24, 2.45) is 0 Å². The maximum Gasteiger partial charge on any atom is 0.153 e. The van der Waals surface area contributed by atoms with Gasteiger partial charge in [0.1, 0.15) is 16.7 Å². The fourth-order valence-corrected chi connectivity index (χ4v) is 1.51. The summed E-state index contributed by atoms with van der Waals surface area (Å²) < 4.78 is 39.2. The number of aliphatic hydroxyl groups is 1. The summed E-state index contributed by atoms with van der Waals surface area (Å²) in [6.45, 7) is 0. The van der Waals surface area contributed by atoms with Gasteiger partial charge in [-0.3, -0.25) is 0 Å². The molecule has 0 amide bonds. The van der Waals surface area contributed by atoms with Crippen LogP contribution in [-0.4, -0.2) is 5.11 Å². The molecule has 2 rings (SSSR count). The standard InChI is InChI=1S/C9H6ClF3O/c10-7-5(12)3-4(11)6(8(7)13)9(14)1-2-9/h3,14H,1-2H2. The molecule has 5 heteroatoms. The zero-order valence-corrected chi connectivity index (χ0v) is 7.71. The number of hydrogen-bond acceptors (Lipinski definition) is 1. The smallest absolute Gasteiger partial charge is 0.153 e. The van der Waals surface area contributed by atoms with E-state index in [9.17, 15) is 18.3 Å². The van der Waals surface area contributed by atoms with Crippen LogP contribution in [0, 0.1) is 17.5 Å². The maximum absolute atomic E-state index is 13.3. The van der Waals surface area contributed by atoms with E-state index in [-0.39, 0.29) is 12.8 Å². The van der Waals surface area contributed by atoms with E-state index in [4.69, 9.17) is 11.6 Å². The molecular weight excluding hydrogens is 217 g/mol. The molecule has 0 radical (unpaired) electrons. The number of rotatable bonds is 1. The van der Waals surface area contributed by atoms with Crippen molar-refractivity contribution in [3.05, 3.63) is 34.1 Å². The van der Waals surface area contributed by atoms with Crippen LogP contribution in [0.4, 0.5) is 13.2 Å². The molecule has 0 saturated heterocycles. The van der Waals surface area contributed by atoms with Crippen molar-refractivity contribution in [3.63, 3.8) is 0 Å². The first-order valence-corrected chi connectivity index (χ1v) is 4.39. The fourth-order valence-electron chi connectivity index (χ4n) is 1.36. The van der Waals surface area contributed by atoms with E-state index in [0.717, 1.165) is 0 Å². The van der Waals surface area contributed by atoms with Gasteiger partial charge >= 0.3 is 0 Å². The Morgan fingerprint density at radius 1 is 1.21 bits per heavy atom. The lowest BCUT2D eigenvalue weighted by atomic mass is 10.1. The Kier molecular flexibility index (Phi) is 2.01. The Labute approximate surface area is 83.1 Å². The first kappa shape index (κ1) is 9.80. The van der Waals surface area contributed by atoms with E-state index in [1.165, 1.54) is 0 Å². The Hall–Kier alpha value is -0.740. The molecule has 0 spiro atoms. The summed E-state index contributed by atoms with van der Waals surface area (Å²) in [4.78, 5) is 0. The van der Waals surface area contributed by atoms with Gasteiger partial charge in [0, 0.05) is 6.07 Å². The molecule has 14 heavy (non-hydrogen) atoms. The largest absolute Gasteiger partial charge is 0.385 e. The second kappa shape index (κ2) is 2.87. The lowest BCUT2D eigenvalue weighted by Gasteiger charge is -2.11. The number of hydrogen-bond donors (Lipinski definition) is 1. The predicted octanol–water partition coefficient (Wildman–Crippen LogP) is 2.74. The molecule has 0 heterocycles. The van der Waals surface area contributed by atoms with Crippen molar-refractivity contribution in [1.29, 1.82) is 0 Å². The van der Waals surface area contributed by atoms with Crippen LogP contribution in [0.5, 0.6) is 0 Å². The highest BCUT2D eigenvalue weighted by Crippen LogP contribution is 2.48. The van der Waals surface area contributed by atoms with E-state index in [2.05, 4.69) is 0 Å². The molecule has 0 aromatic heterocycles. The van der Waals surface area contributed by atoms with Crippen LogP contribution in [0.2, 0.25) is 5.02 Å². The van der Waals surface area contributed by atoms with Crippen LogP contribution in [0.15, 0.2) is 6.07 Å². The van der Waals surface area contributed by atoms with Gasteiger partial charge in [0.15, 0.2) is 5.82 Å². The summed E-state index contributed by atoms with van der Waals surface area (Å²) >= 11 is 5.26. The third kappa shape index (κ3) is 1.29. The average Bonchev–Trinajstić information content (AvgIpc) is 2.80. The van der Waals surface area contributed by atoms with Gasteiger partial charge in [0.25, 0.3) is 0 Å². The summed E-state index contributed by atoms with van der Waals surface area (Å²) in [5.41, 5.74) is -2.02. The summed E-state index contributed by atoms with van der Waals surface area (Å²) in [5.74, 6) is -3.46. The van der Waals surface area contributed by atoms with Crippen LogP contribution < -0.4 is 0 Å². The molecule has 0 unspecified atom stereocenters. The van der Waals surface area contributed by atoms with Gasteiger partial charge in [0.05, 0.1) is 11.2 Å². The zero-order valence-electron chi connectivity index (χ0n) is 6.95. The minimum atomic E-state index is -1.49. The summed E-state index contributed by atoms with van der Waals surface area (Å²) in [6.07, 6.45) is 0.533. The molecule has 1 fully saturated rings. The first-order valence-electron chi connectivity index (χ1n) is 4.01. The molecule has 1 saturated carbocycles. The molecule has 1 aliphatic rings. The SMILES string of the molecule is OC1(c2c(F)cc(F)c(Cl)c2F)CC1. The van der Waals surface area contributed by atoms with E-state index >= 15 is 0 Å². The van der Waals surface area contributed by atoms with E-state index in [1.54, 1.807) is 0 Å². The van der Waals surface area contributed by atoms with Crippen LogP contribution in [0.25, 0.3) is 0 Å². The minimum absolute atomic E-state index is 0.267. The van der Waals surface area contributed by atoms with Gasteiger partial charge in [-0.15, -0.1) is 0 Å². The minimum Gasteiger partial charge on any atom is -0.385 e. The zero-order chi connectivity index (χ0) is 10.5. The van der Waals surface area contributed by atoms with Gasteiger partial charge in [-0.1, -0.05) is 11.6 Å². The van der Waals surface area contributed by atoms with Gasteiger partial charge in [-0.05, 0) is 12.8 Å². The number of benzene rings is 1. The van der Waals surface area contributed by atoms with Crippen molar-refractivity contribution in [3.8, 4) is 0 Å². The van der Waals surface area contributed by atoms with E-state index < -0.39 is 33.6 Å². The Balaban J connectivity index is 2.65. The van der Waals surface area contributed by atoms with Crippen molar-refractivity contribution >= 4 is 11.6 Å². The monoisotopic (exact) mass is 222 g/mol. The van der Waals surface area contributed by atoms with Crippen LogP contribution >= 0.6 is 11.6 Å². The predicted molar refractivity (Wildman–Crippen MR) is 44.5 cm³/mol. The van der Waals surface area contributed by atoms with Gasteiger partial charge in [0.2, 0.25) is 0 Å². The molecule has 1 aromatic rings. The summed E-state index contributed by atoms with van der Waals surface area (Å²) in [7, 11) is 0. The van der Waals surface area contributed by atoms with E-state index in [0.29, 0.717) is 6.07 Å². The summed E-state index contributed by atoms with van der Waals surface area (Å²) in [6, 6.07) is 0.483. The van der Waals surface area contributed by atoms with Crippen molar-refractivity contribution < 1.29 is 18.3 Å². The molecule has 0 bridgehead atoms. The molecule has 0 atom stereocenters. The molecule has 1 aromatic carbocycles. The van der Waals surface area contributed by atoms with Gasteiger partial charge < -0.3 is 5.11 Å². The van der Waals surface area contributed by atoms with Gasteiger partial charge in [-0.2, -0.15) is 0 Å². The van der Waals surface area contributed by atoms with Gasteiger partial charge in [-0.25, -0.2) is 13.2 Å². The second-order valence-corrected chi connectivity index (χ2v) is 3.75. The van der Waals surface area contributed by atoms with Crippen LogP contribution in [0.1, 0.15) is 18.4 Å². The van der Waals surface area contributed by atoms with Crippen molar-refractivity contribution in [1.82, 2.24) is 0 Å². The molecule has 76 valence electrons. The highest BCUT2D eigenvalue weighted by atomic mass is 35.5. The Morgan fingerprint density at radius 3 is 2.29 bits per heavy atom. The van der Waals surface area contributed by atoms with E-state index in [1.807, 2.05) is 0 Å². The van der Waals surface area contributed by atoms with Crippen molar-refractivity contribution in [2.75, 3.05) is 0 Å². The quantitative estimate of drug-likeness (QED) is 0.572. The highest BCUT2D eigenvalue weighted by Gasteiger charge is 2.47. The summed E-state index contributed by atoms with van der Waals surface area (Å²) in [5, 5.41) is 8.74. The third-order valence-electron chi connectivity index (χ3n) is 2.30. The first-order chi connectivity index (χ1) is 6.46. The second-order valence-electron chi connectivity index (χ2n) is 3.37. The highest BCUT2D eigenvalue weighted by molar-refractivity contribution is 6.31. The number of halogens is 4. The third-order valence-corrected chi connectivity index (χ3v) is 2.65. The lowest BCUT2D eigenvalue weighted by Crippen LogP contribution is -2.11. The molecule has 1 N–H and O–H groups in total. The molecule has 0 aliphatic heterocycles. The Morgan fingerprint density at radius 2 is 1.79 bits per heavy atom.